The van der Waals surface area contributed by atoms with Gasteiger partial charge in [0.1, 0.15) is 11.5 Å². The average Bonchev–Trinajstić information content (AvgIpc) is 2.54. The van der Waals surface area contributed by atoms with Crippen LogP contribution in [0.15, 0.2) is 42.5 Å². The van der Waals surface area contributed by atoms with Crippen LogP contribution < -0.4 is 14.4 Å². The summed E-state index contributed by atoms with van der Waals surface area (Å²) in [5, 5.41) is 0. The topological polar surface area (TPSA) is 38.8 Å². The summed E-state index contributed by atoms with van der Waals surface area (Å²) in [5.74, 6) is 1.06. The molecule has 0 spiro atoms. The van der Waals surface area contributed by atoms with Gasteiger partial charge in [0, 0.05) is 12.2 Å². The first-order valence-corrected chi connectivity index (χ1v) is 7.21. The van der Waals surface area contributed by atoms with Crippen molar-refractivity contribution < 1.29 is 14.3 Å². The molecule has 0 radical (unpaired) electrons. The normalized spacial score (nSPS) is 10.2. The van der Waals surface area contributed by atoms with E-state index >= 15 is 0 Å². The second-order valence-electron chi connectivity index (χ2n) is 4.95. The maximum atomic E-state index is 12.9. The summed E-state index contributed by atoms with van der Waals surface area (Å²) < 4.78 is 10.5. The number of ether oxygens (including phenoxy) is 2. The predicted octanol–water partition coefficient (Wildman–Crippen LogP) is 3.68. The van der Waals surface area contributed by atoms with E-state index in [0.717, 1.165) is 11.3 Å². The van der Waals surface area contributed by atoms with Gasteiger partial charge in [-0.25, -0.2) is 0 Å². The van der Waals surface area contributed by atoms with Crippen LogP contribution in [0.4, 0.5) is 5.69 Å². The minimum Gasteiger partial charge on any atom is -0.497 e. The maximum Gasteiger partial charge on any atom is 0.262 e. The highest BCUT2D eigenvalue weighted by Gasteiger charge is 2.20. The summed E-state index contributed by atoms with van der Waals surface area (Å²) in [4.78, 5) is 14.7. The Hall–Kier alpha value is -2.49. The summed E-state index contributed by atoms with van der Waals surface area (Å²) in [5.41, 5.74) is 2.48. The molecule has 1 amide bonds. The Labute approximate surface area is 131 Å². The molecule has 0 aliphatic rings. The van der Waals surface area contributed by atoms with Crippen LogP contribution in [0.25, 0.3) is 0 Å². The second kappa shape index (κ2) is 6.98. The summed E-state index contributed by atoms with van der Waals surface area (Å²) >= 11 is 0. The molecule has 22 heavy (non-hydrogen) atoms. The van der Waals surface area contributed by atoms with Crippen LogP contribution in [-0.4, -0.2) is 26.7 Å². The summed E-state index contributed by atoms with van der Waals surface area (Å²) in [6.07, 6.45) is 0. The van der Waals surface area contributed by atoms with Crippen molar-refractivity contribution in [3.8, 4) is 11.5 Å². The highest BCUT2D eigenvalue weighted by molar-refractivity contribution is 6.08. The number of methoxy groups -OCH3 is 2. The number of anilines is 1. The van der Waals surface area contributed by atoms with E-state index in [1.54, 1.807) is 37.3 Å². The lowest BCUT2D eigenvalue weighted by Gasteiger charge is -2.22. The van der Waals surface area contributed by atoms with Crippen molar-refractivity contribution in [1.29, 1.82) is 0 Å². The number of rotatable bonds is 5. The monoisotopic (exact) mass is 299 g/mol. The first-order valence-electron chi connectivity index (χ1n) is 7.21. The van der Waals surface area contributed by atoms with Crippen LogP contribution in [-0.2, 0) is 0 Å². The van der Waals surface area contributed by atoms with Gasteiger partial charge in [0.25, 0.3) is 5.91 Å². The first kappa shape index (κ1) is 15.9. The molecule has 2 aromatic carbocycles. The average molecular weight is 299 g/mol. The lowest BCUT2D eigenvalue weighted by atomic mass is 10.1. The summed E-state index contributed by atoms with van der Waals surface area (Å²) in [7, 11) is 3.13. The fourth-order valence-corrected chi connectivity index (χ4v) is 2.37. The van der Waals surface area contributed by atoms with E-state index in [1.807, 2.05) is 38.1 Å². The highest BCUT2D eigenvalue weighted by atomic mass is 16.5. The fourth-order valence-electron chi connectivity index (χ4n) is 2.37. The van der Waals surface area contributed by atoms with E-state index in [0.29, 0.717) is 23.6 Å². The number of hydrogen-bond acceptors (Lipinski definition) is 3. The zero-order valence-corrected chi connectivity index (χ0v) is 13.4. The first-order chi connectivity index (χ1) is 10.6. The molecule has 0 aliphatic heterocycles. The molecule has 0 heterocycles. The molecule has 0 atom stereocenters. The van der Waals surface area contributed by atoms with E-state index in [2.05, 4.69) is 0 Å². The van der Waals surface area contributed by atoms with Gasteiger partial charge in [0.2, 0.25) is 0 Å². The summed E-state index contributed by atoms with van der Waals surface area (Å²) in [6, 6.07) is 13.1. The van der Waals surface area contributed by atoms with Gasteiger partial charge in [0.05, 0.1) is 19.8 Å². The van der Waals surface area contributed by atoms with Crippen LogP contribution in [0.1, 0.15) is 22.8 Å². The molecule has 0 aromatic heterocycles. The standard InChI is InChI=1S/C18H21NO3/c1-5-19(14-8-6-7-13(2)11-14)18(20)16-12-15(21-3)9-10-17(16)22-4/h6-12H,5H2,1-4H3. The van der Waals surface area contributed by atoms with Crippen molar-refractivity contribution >= 4 is 11.6 Å². The third kappa shape index (κ3) is 3.22. The van der Waals surface area contributed by atoms with Crippen LogP contribution in [0.2, 0.25) is 0 Å². The number of aryl methyl sites for hydroxylation is 1. The summed E-state index contributed by atoms with van der Waals surface area (Å²) in [6.45, 7) is 4.53. The largest absolute Gasteiger partial charge is 0.497 e. The Morgan fingerprint density at radius 3 is 2.45 bits per heavy atom. The molecule has 0 saturated carbocycles. The molecule has 0 saturated heterocycles. The molecule has 0 N–H and O–H groups in total. The maximum absolute atomic E-state index is 12.9. The van der Waals surface area contributed by atoms with Crippen molar-refractivity contribution in [3.05, 3.63) is 53.6 Å². The fraction of sp³-hybridized carbons (Fsp3) is 0.278. The number of amides is 1. The molecule has 4 heteroatoms. The Morgan fingerprint density at radius 2 is 1.86 bits per heavy atom. The Morgan fingerprint density at radius 1 is 1.09 bits per heavy atom. The van der Waals surface area contributed by atoms with Crippen LogP contribution in [0.5, 0.6) is 11.5 Å². The molecular formula is C18H21NO3. The molecular weight excluding hydrogens is 278 g/mol. The molecule has 0 fully saturated rings. The van der Waals surface area contributed by atoms with E-state index in [-0.39, 0.29) is 5.91 Å². The molecule has 0 aliphatic carbocycles. The molecule has 0 bridgehead atoms. The van der Waals surface area contributed by atoms with Crippen LogP contribution in [0, 0.1) is 6.92 Å². The Balaban J connectivity index is 2.44. The van der Waals surface area contributed by atoms with Gasteiger partial charge >= 0.3 is 0 Å². The predicted molar refractivity (Wildman–Crippen MR) is 88.1 cm³/mol. The van der Waals surface area contributed by atoms with Gasteiger partial charge in [-0.3, -0.25) is 4.79 Å². The third-order valence-electron chi connectivity index (χ3n) is 3.51. The molecule has 2 aromatic rings. The Bertz CT molecular complexity index is 667. The van der Waals surface area contributed by atoms with Gasteiger partial charge in [-0.2, -0.15) is 0 Å². The van der Waals surface area contributed by atoms with Crippen molar-refractivity contribution in [1.82, 2.24) is 0 Å². The van der Waals surface area contributed by atoms with E-state index in [1.165, 1.54) is 0 Å². The number of nitrogens with zero attached hydrogens (tertiary/aromatic N) is 1. The number of benzene rings is 2. The van der Waals surface area contributed by atoms with Gasteiger partial charge < -0.3 is 14.4 Å². The molecule has 2 rings (SSSR count). The minimum atomic E-state index is -0.108. The zero-order chi connectivity index (χ0) is 16.1. The van der Waals surface area contributed by atoms with Gasteiger partial charge in [-0.1, -0.05) is 12.1 Å². The van der Waals surface area contributed by atoms with Crippen LogP contribution >= 0.6 is 0 Å². The van der Waals surface area contributed by atoms with Crippen molar-refractivity contribution in [3.63, 3.8) is 0 Å². The molecule has 0 unspecified atom stereocenters. The van der Waals surface area contributed by atoms with E-state index in [4.69, 9.17) is 9.47 Å². The molecule has 4 nitrogen and oxygen atoms in total. The number of carbonyl (C=O) groups is 1. The second-order valence-corrected chi connectivity index (χ2v) is 4.95. The molecule has 116 valence electrons. The van der Waals surface area contributed by atoms with Gasteiger partial charge in [-0.15, -0.1) is 0 Å². The van der Waals surface area contributed by atoms with Crippen LogP contribution in [0.3, 0.4) is 0 Å². The quantitative estimate of drug-likeness (QED) is 0.845. The lowest BCUT2D eigenvalue weighted by molar-refractivity contribution is 0.0985. The smallest absolute Gasteiger partial charge is 0.262 e. The van der Waals surface area contributed by atoms with Crippen molar-refractivity contribution in [2.45, 2.75) is 13.8 Å². The highest BCUT2D eigenvalue weighted by Crippen LogP contribution is 2.27. The van der Waals surface area contributed by atoms with Crippen molar-refractivity contribution in [2.75, 3.05) is 25.7 Å². The van der Waals surface area contributed by atoms with Crippen molar-refractivity contribution in [2.24, 2.45) is 0 Å². The third-order valence-corrected chi connectivity index (χ3v) is 3.51. The van der Waals surface area contributed by atoms with E-state index < -0.39 is 0 Å². The SMILES string of the molecule is CCN(C(=O)c1cc(OC)ccc1OC)c1cccc(C)c1. The minimum absolute atomic E-state index is 0.108. The van der Waals surface area contributed by atoms with Gasteiger partial charge in [0.15, 0.2) is 0 Å². The zero-order valence-electron chi connectivity index (χ0n) is 13.4. The van der Waals surface area contributed by atoms with Gasteiger partial charge in [-0.05, 0) is 49.7 Å². The Kier molecular flexibility index (Phi) is 5.04. The lowest BCUT2D eigenvalue weighted by Crippen LogP contribution is -2.31. The van der Waals surface area contributed by atoms with E-state index in [9.17, 15) is 4.79 Å². The number of hydrogen-bond donors (Lipinski definition) is 0. The number of carbonyl (C=O) groups excluding carboxylic acids is 1.